The van der Waals surface area contributed by atoms with E-state index < -0.39 is 57.8 Å². The SMILES string of the molecule is CC/C=C\C/C=C\C/C=C\C/C=C\CCCCCCCCC(=O)OCC(COP(=O)(O)OCC(CO)OC(=O)CCCCCCC/C=C\CCCC)OC(=O)CCCCCCCC/C=C\C/C=C\C/C=C\CCCCC. The molecule has 12 heteroatoms. The fraction of sp³-hybridized carbons (Fsp3) is 0.703. The van der Waals surface area contributed by atoms with E-state index in [2.05, 4.69) is 118 Å². The third-order valence-corrected chi connectivity index (χ3v) is 13.4. The molecular formula is C64H109O11P. The Hall–Kier alpha value is -3.60. The first-order valence-electron chi connectivity index (χ1n) is 30.1. The molecule has 0 aromatic carbocycles. The molecule has 0 bridgehead atoms. The van der Waals surface area contributed by atoms with Gasteiger partial charge in [-0.2, -0.15) is 0 Å². The maximum Gasteiger partial charge on any atom is 0.472 e. The topological polar surface area (TPSA) is 155 Å². The van der Waals surface area contributed by atoms with Gasteiger partial charge in [0, 0.05) is 19.3 Å². The van der Waals surface area contributed by atoms with Crippen molar-refractivity contribution in [2.24, 2.45) is 0 Å². The minimum atomic E-state index is -4.76. The van der Waals surface area contributed by atoms with Crippen LogP contribution in [0.15, 0.2) is 97.2 Å². The lowest BCUT2D eigenvalue weighted by Crippen LogP contribution is -2.30. The fourth-order valence-corrected chi connectivity index (χ4v) is 8.65. The van der Waals surface area contributed by atoms with Crippen LogP contribution in [0.25, 0.3) is 0 Å². The Labute approximate surface area is 463 Å². The minimum absolute atomic E-state index is 0.145. The third-order valence-electron chi connectivity index (χ3n) is 12.5. The molecular weight excluding hydrogens is 976 g/mol. The van der Waals surface area contributed by atoms with Crippen molar-refractivity contribution in [3.05, 3.63) is 97.2 Å². The van der Waals surface area contributed by atoms with E-state index in [9.17, 15) is 28.9 Å². The number of phosphoric acid groups is 1. The van der Waals surface area contributed by atoms with E-state index in [4.69, 9.17) is 23.3 Å². The number of rotatable bonds is 55. The summed E-state index contributed by atoms with van der Waals surface area (Å²) in [7, 11) is -4.76. The highest BCUT2D eigenvalue weighted by Crippen LogP contribution is 2.43. The van der Waals surface area contributed by atoms with E-state index in [1.165, 1.54) is 38.5 Å². The molecule has 0 amide bonds. The van der Waals surface area contributed by atoms with Crippen molar-refractivity contribution in [1.82, 2.24) is 0 Å². The van der Waals surface area contributed by atoms with E-state index in [1.54, 1.807) is 0 Å². The molecule has 0 radical (unpaired) electrons. The standard InChI is InChI=1S/C64H109O11P/c1-4-7-10-13-16-19-22-24-26-28-30-32-34-36-39-41-44-47-50-53-62(66)71-57-61(75-64(68)55-52-49-46-43-40-37-35-33-31-29-27-25-23-20-17-14-11-8-5-2)59-73-76(69,70)72-58-60(56-65)74-63(67)54-51-48-45-42-38-21-18-15-12-9-6-3/h7,10,15-20,24-27,30-33,60-61,65H,4-6,8-9,11-14,21-23,28-29,34-59H2,1-3H3,(H,69,70)/b10-7-,18-15-,19-16-,20-17-,26-24-,27-25-,32-30-,33-31-. The number of aliphatic hydroxyl groups excluding tert-OH is 1. The molecule has 0 aliphatic heterocycles. The molecule has 0 fully saturated rings. The first-order valence-corrected chi connectivity index (χ1v) is 31.6. The van der Waals surface area contributed by atoms with Gasteiger partial charge >= 0.3 is 25.7 Å². The number of hydrogen-bond donors (Lipinski definition) is 2. The summed E-state index contributed by atoms with van der Waals surface area (Å²) in [6.45, 7) is 4.43. The second kappa shape index (κ2) is 57.6. The first-order chi connectivity index (χ1) is 37.2. The summed E-state index contributed by atoms with van der Waals surface area (Å²) in [5.41, 5.74) is 0. The highest BCUT2D eigenvalue weighted by Gasteiger charge is 2.28. The molecule has 0 heterocycles. The molecule has 0 spiro atoms. The summed E-state index contributed by atoms with van der Waals surface area (Å²) in [6.07, 6.45) is 67.9. The largest absolute Gasteiger partial charge is 0.472 e. The molecule has 436 valence electrons. The maximum atomic E-state index is 12.9. The monoisotopic (exact) mass is 1080 g/mol. The van der Waals surface area contributed by atoms with Gasteiger partial charge in [-0.25, -0.2) is 4.57 Å². The van der Waals surface area contributed by atoms with E-state index in [1.807, 2.05) is 0 Å². The summed E-state index contributed by atoms with van der Waals surface area (Å²) in [5, 5.41) is 9.80. The summed E-state index contributed by atoms with van der Waals surface area (Å²) >= 11 is 0. The van der Waals surface area contributed by atoms with Gasteiger partial charge in [-0.3, -0.25) is 23.4 Å². The zero-order valence-corrected chi connectivity index (χ0v) is 49.1. The predicted octanol–water partition coefficient (Wildman–Crippen LogP) is 18.0. The lowest BCUT2D eigenvalue weighted by atomic mass is 10.1. The Morgan fingerprint density at radius 2 is 0.697 bits per heavy atom. The van der Waals surface area contributed by atoms with Crippen LogP contribution in [-0.4, -0.2) is 66.5 Å². The van der Waals surface area contributed by atoms with E-state index in [0.717, 1.165) is 154 Å². The smallest absolute Gasteiger partial charge is 0.462 e. The normalized spacial score (nSPS) is 14.0. The quantitative estimate of drug-likeness (QED) is 0.0197. The van der Waals surface area contributed by atoms with Crippen LogP contribution in [-0.2, 0) is 42.2 Å². The Kier molecular flexibility index (Phi) is 54.8. The van der Waals surface area contributed by atoms with Crippen LogP contribution in [0.3, 0.4) is 0 Å². The lowest BCUT2D eigenvalue weighted by Gasteiger charge is -2.21. The molecule has 0 aromatic rings. The van der Waals surface area contributed by atoms with Crippen LogP contribution >= 0.6 is 7.82 Å². The average Bonchev–Trinajstić information content (AvgIpc) is 3.41. The van der Waals surface area contributed by atoms with Gasteiger partial charge in [0.05, 0.1) is 19.8 Å². The van der Waals surface area contributed by atoms with Crippen LogP contribution in [0.1, 0.15) is 252 Å². The molecule has 0 aliphatic rings. The van der Waals surface area contributed by atoms with Crippen molar-refractivity contribution in [2.75, 3.05) is 26.4 Å². The van der Waals surface area contributed by atoms with Gasteiger partial charge in [-0.05, 0) is 116 Å². The summed E-state index contributed by atoms with van der Waals surface area (Å²) in [6, 6.07) is 0. The Morgan fingerprint density at radius 3 is 1.11 bits per heavy atom. The fourth-order valence-electron chi connectivity index (χ4n) is 7.86. The number of phosphoric ester groups is 1. The van der Waals surface area contributed by atoms with Crippen molar-refractivity contribution in [3.8, 4) is 0 Å². The van der Waals surface area contributed by atoms with E-state index in [0.29, 0.717) is 19.3 Å². The molecule has 76 heavy (non-hydrogen) atoms. The predicted molar refractivity (Wildman–Crippen MR) is 316 cm³/mol. The minimum Gasteiger partial charge on any atom is -0.462 e. The van der Waals surface area contributed by atoms with Gasteiger partial charge in [-0.1, -0.05) is 214 Å². The summed E-state index contributed by atoms with van der Waals surface area (Å²) in [5.74, 6) is -1.51. The van der Waals surface area contributed by atoms with Gasteiger partial charge < -0.3 is 24.2 Å². The second-order valence-electron chi connectivity index (χ2n) is 19.8. The van der Waals surface area contributed by atoms with Crippen LogP contribution in [0, 0.1) is 0 Å². The molecule has 0 saturated carbocycles. The Balaban J connectivity index is 4.78. The first kappa shape index (κ1) is 72.4. The lowest BCUT2D eigenvalue weighted by molar-refractivity contribution is -0.161. The highest BCUT2D eigenvalue weighted by molar-refractivity contribution is 7.47. The van der Waals surface area contributed by atoms with Crippen molar-refractivity contribution in [3.63, 3.8) is 0 Å². The molecule has 2 N–H and O–H groups in total. The van der Waals surface area contributed by atoms with Gasteiger partial charge in [0.15, 0.2) is 6.10 Å². The molecule has 11 nitrogen and oxygen atoms in total. The van der Waals surface area contributed by atoms with Gasteiger partial charge in [0.25, 0.3) is 0 Å². The van der Waals surface area contributed by atoms with E-state index >= 15 is 0 Å². The third kappa shape index (κ3) is 55.2. The molecule has 0 aliphatic carbocycles. The number of carbonyl (C=O) groups is 3. The molecule has 0 saturated heterocycles. The molecule has 3 atom stereocenters. The number of carbonyl (C=O) groups excluding carboxylic acids is 3. The summed E-state index contributed by atoms with van der Waals surface area (Å²) in [4.78, 5) is 48.6. The van der Waals surface area contributed by atoms with Crippen LogP contribution in [0.4, 0.5) is 0 Å². The van der Waals surface area contributed by atoms with Crippen LogP contribution < -0.4 is 0 Å². The second-order valence-corrected chi connectivity index (χ2v) is 21.2. The Bertz CT molecular complexity index is 1640. The van der Waals surface area contributed by atoms with Gasteiger partial charge in [-0.15, -0.1) is 0 Å². The number of allylic oxidation sites excluding steroid dienone is 16. The van der Waals surface area contributed by atoms with Gasteiger partial charge in [0.2, 0.25) is 0 Å². The highest BCUT2D eigenvalue weighted by atomic mass is 31.2. The number of esters is 3. The van der Waals surface area contributed by atoms with Gasteiger partial charge in [0.1, 0.15) is 12.7 Å². The molecule has 0 rings (SSSR count). The van der Waals surface area contributed by atoms with Crippen molar-refractivity contribution < 1.29 is 52.2 Å². The van der Waals surface area contributed by atoms with E-state index in [-0.39, 0.29) is 25.9 Å². The van der Waals surface area contributed by atoms with Crippen LogP contribution in [0.5, 0.6) is 0 Å². The zero-order valence-electron chi connectivity index (χ0n) is 48.2. The molecule has 0 aromatic heterocycles. The number of hydrogen-bond acceptors (Lipinski definition) is 10. The van der Waals surface area contributed by atoms with Crippen molar-refractivity contribution >= 4 is 25.7 Å². The summed E-state index contributed by atoms with van der Waals surface area (Å²) < 4.78 is 39.5. The van der Waals surface area contributed by atoms with Crippen molar-refractivity contribution in [2.45, 2.75) is 264 Å². The van der Waals surface area contributed by atoms with Crippen LogP contribution in [0.2, 0.25) is 0 Å². The number of aliphatic hydroxyl groups is 1. The van der Waals surface area contributed by atoms with Crippen molar-refractivity contribution in [1.29, 1.82) is 0 Å². The number of unbranched alkanes of at least 4 members (excludes halogenated alkanes) is 22. The zero-order chi connectivity index (χ0) is 55.5. The Morgan fingerprint density at radius 1 is 0.382 bits per heavy atom. The maximum absolute atomic E-state index is 12.9. The average molecular weight is 1090 g/mol. The number of ether oxygens (including phenoxy) is 3. The molecule has 3 unspecified atom stereocenters.